The SMILES string of the molecule is OC(c1cc(-c2ccc(Cl)cc2Cl)nc2ccccc12)C1CCCCN1. The quantitative estimate of drug-likeness (QED) is 0.634. The summed E-state index contributed by atoms with van der Waals surface area (Å²) in [7, 11) is 0. The Balaban J connectivity index is 1.85. The minimum atomic E-state index is -0.590. The maximum Gasteiger partial charge on any atom is 0.0950 e. The van der Waals surface area contributed by atoms with Crippen LogP contribution < -0.4 is 5.32 Å². The predicted molar refractivity (Wildman–Crippen MR) is 108 cm³/mol. The van der Waals surface area contributed by atoms with Crippen LogP contribution in [0.4, 0.5) is 0 Å². The zero-order chi connectivity index (χ0) is 18.1. The minimum Gasteiger partial charge on any atom is -0.387 e. The van der Waals surface area contributed by atoms with E-state index in [1.54, 1.807) is 12.1 Å². The van der Waals surface area contributed by atoms with E-state index < -0.39 is 6.10 Å². The number of hydrogen-bond donors (Lipinski definition) is 2. The second-order valence-electron chi connectivity index (χ2n) is 6.74. The number of pyridine rings is 1. The zero-order valence-electron chi connectivity index (χ0n) is 14.3. The molecule has 2 unspecified atom stereocenters. The molecule has 2 aromatic carbocycles. The van der Waals surface area contributed by atoms with Crippen LogP contribution in [-0.4, -0.2) is 22.7 Å². The molecular formula is C21H20Cl2N2O. The van der Waals surface area contributed by atoms with Crippen molar-refractivity contribution in [2.75, 3.05) is 6.54 Å². The number of halogens is 2. The highest BCUT2D eigenvalue weighted by Crippen LogP contribution is 2.35. The fourth-order valence-corrected chi connectivity index (χ4v) is 4.15. The van der Waals surface area contributed by atoms with Crippen LogP contribution in [0.25, 0.3) is 22.2 Å². The second-order valence-corrected chi connectivity index (χ2v) is 7.58. The largest absolute Gasteiger partial charge is 0.387 e. The van der Waals surface area contributed by atoms with Crippen molar-refractivity contribution in [2.45, 2.75) is 31.4 Å². The molecule has 0 radical (unpaired) electrons. The van der Waals surface area contributed by atoms with Crippen molar-refractivity contribution < 1.29 is 5.11 Å². The number of nitrogens with one attached hydrogen (secondary N) is 1. The standard InChI is InChI=1S/C21H20Cl2N2O/c22-13-8-9-15(17(23)11-13)20-12-16(14-5-1-2-6-18(14)25-20)21(26)19-7-3-4-10-24-19/h1-2,5-6,8-9,11-12,19,21,24,26H,3-4,7,10H2. The number of piperidine rings is 1. The Hall–Kier alpha value is -1.65. The van der Waals surface area contributed by atoms with E-state index in [4.69, 9.17) is 28.2 Å². The van der Waals surface area contributed by atoms with E-state index in [1.165, 1.54) is 0 Å². The molecule has 3 nitrogen and oxygen atoms in total. The number of fused-ring (bicyclic) bond motifs is 1. The third-order valence-electron chi connectivity index (χ3n) is 5.00. The molecule has 5 heteroatoms. The molecule has 0 spiro atoms. The maximum absolute atomic E-state index is 11.1. The Kier molecular flexibility index (Phi) is 5.14. The van der Waals surface area contributed by atoms with Crippen LogP contribution >= 0.6 is 23.2 Å². The highest BCUT2D eigenvalue weighted by Gasteiger charge is 2.25. The number of para-hydroxylation sites is 1. The third-order valence-corrected chi connectivity index (χ3v) is 5.55. The molecule has 1 aromatic heterocycles. The van der Waals surface area contributed by atoms with Crippen LogP contribution in [0.2, 0.25) is 10.0 Å². The number of hydrogen-bond acceptors (Lipinski definition) is 3. The van der Waals surface area contributed by atoms with Gasteiger partial charge in [0.25, 0.3) is 0 Å². The van der Waals surface area contributed by atoms with Crippen LogP contribution in [0, 0.1) is 0 Å². The summed E-state index contributed by atoms with van der Waals surface area (Å²) in [6.07, 6.45) is 2.67. The summed E-state index contributed by atoms with van der Waals surface area (Å²) in [6.45, 7) is 0.945. The predicted octanol–water partition coefficient (Wildman–Crippen LogP) is 5.38. The number of nitrogens with zero attached hydrogens (tertiary/aromatic N) is 1. The normalized spacial score (nSPS) is 18.8. The lowest BCUT2D eigenvalue weighted by Gasteiger charge is -2.29. The fraction of sp³-hybridized carbons (Fsp3) is 0.286. The van der Waals surface area contributed by atoms with Gasteiger partial charge in [0.15, 0.2) is 0 Å². The Labute approximate surface area is 163 Å². The van der Waals surface area contributed by atoms with Crippen LogP contribution in [0.15, 0.2) is 48.5 Å². The van der Waals surface area contributed by atoms with Gasteiger partial charge >= 0.3 is 0 Å². The van der Waals surface area contributed by atoms with Crippen molar-refractivity contribution in [3.8, 4) is 11.3 Å². The van der Waals surface area contributed by atoms with Crippen LogP contribution in [0.1, 0.15) is 30.9 Å². The molecule has 2 N–H and O–H groups in total. The Morgan fingerprint density at radius 3 is 2.69 bits per heavy atom. The summed E-state index contributed by atoms with van der Waals surface area (Å²) >= 11 is 12.4. The highest BCUT2D eigenvalue weighted by molar-refractivity contribution is 6.36. The summed E-state index contributed by atoms with van der Waals surface area (Å²) in [5, 5.41) is 16.6. The topological polar surface area (TPSA) is 45.2 Å². The van der Waals surface area contributed by atoms with Gasteiger partial charge in [-0.15, -0.1) is 0 Å². The maximum atomic E-state index is 11.1. The van der Waals surface area contributed by atoms with E-state index in [9.17, 15) is 5.11 Å². The minimum absolute atomic E-state index is 0.0584. The van der Waals surface area contributed by atoms with Gasteiger partial charge in [0, 0.05) is 22.0 Å². The van der Waals surface area contributed by atoms with Crippen molar-refractivity contribution in [3.05, 3.63) is 64.1 Å². The molecule has 4 rings (SSSR count). The van der Waals surface area contributed by atoms with E-state index in [0.717, 1.165) is 53.5 Å². The first-order valence-corrected chi connectivity index (χ1v) is 9.65. The van der Waals surface area contributed by atoms with Gasteiger partial charge < -0.3 is 10.4 Å². The third kappa shape index (κ3) is 3.45. The zero-order valence-corrected chi connectivity index (χ0v) is 15.8. The molecule has 2 heterocycles. The summed E-state index contributed by atoms with van der Waals surface area (Å²) < 4.78 is 0. The molecule has 1 fully saturated rings. The molecule has 0 saturated carbocycles. The smallest absolute Gasteiger partial charge is 0.0950 e. The lowest BCUT2D eigenvalue weighted by molar-refractivity contribution is 0.115. The van der Waals surface area contributed by atoms with Gasteiger partial charge in [-0.1, -0.05) is 47.8 Å². The Morgan fingerprint density at radius 2 is 1.92 bits per heavy atom. The van der Waals surface area contributed by atoms with Gasteiger partial charge in [0.05, 0.1) is 22.3 Å². The monoisotopic (exact) mass is 386 g/mol. The number of rotatable bonds is 3. The first-order valence-electron chi connectivity index (χ1n) is 8.90. The lowest BCUT2D eigenvalue weighted by Crippen LogP contribution is -2.38. The average Bonchev–Trinajstić information content (AvgIpc) is 2.67. The summed E-state index contributed by atoms with van der Waals surface area (Å²) in [6, 6.07) is 15.3. The summed E-state index contributed by atoms with van der Waals surface area (Å²) in [5.41, 5.74) is 3.29. The molecule has 1 aliphatic heterocycles. The van der Waals surface area contributed by atoms with Crippen molar-refractivity contribution >= 4 is 34.1 Å². The molecule has 0 amide bonds. The molecule has 1 aliphatic rings. The molecule has 2 atom stereocenters. The molecule has 0 bridgehead atoms. The second kappa shape index (κ2) is 7.53. The lowest BCUT2D eigenvalue weighted by atomic mass is 9.92. The molecule has 26 heavy (non-hydrogen) atoms. The van der Waals surface area contributed by atoms with Crippen molar-refractivity contribution in [2.24, 2.45) is 0 Å². The van der Waals surface area contributed by atoms with E-state index in [1.807, 2.05) is 36.4 Å². The number of aliphatic hydroxyl groups is 1. The van der Waals surface area contributed by atoms with Crippen LogP contribution in [0.3, 0.4) is 0 Å². The highest BCUT2D eigenvalue weighted by atomic mass is 35.5. The van der Waals surface area contributed by atoms with Gasteiger partial charge in [0.2, 0.25) is 0 Å². The average molecular weight is 387 g/mol. The molecule has 1 saturated heterocycles. The first kappa shape index (κ1) is 17.7. The van der Waals surface area contributed by atoms with Crippen molar-refractivity contribution in [3.63, 3.8) is 0 Å². The molecule has 3 aromatic rings. The Bertz CT molecular complexity index is 938. The van der Waals surface area contributed by atoms with Gasteiger partial charge in [0.1, 0.15) is 0 Å². The first-order chi connectivity index (χ1) is 12.6. The van der Waals surface area contributed by atoms with E-state index in [-0.39, 0.29) is 6.04 Å². The fourth-order valence-electron chi connectivity index (χ4n) is 3.65. The number of benzene rings is 2. The number of aliphatic hydroxyl groups excluding tert-OH is 1. The van der Waals surface area contributed by atoms with Crippen molar-refractivity contribution in [1.29, 1.82) is 0 Å². The van der Waals surface area contributed by atoms with Crippen molar-refractivity contribution in [1.82, 2.24) is 10.3 Å². The van der Waals surface area contributed by atoms with Gasteiger partial charge in [-0.05, 0) is 55.3 Å². The van der Waals surface area contributed by atoms with Gasteiger partial charge in [-0.3, -0.25) is 0 Å². The van der Waals surface area contributed by atoms with E-state index >= 15 is 0 Å². The van der Waals surface area contributed by atoms with Crippen LogP contribution in [-0.2, 0) is 0 Å². The molecular weight excluding hydrogens is 367 g/mol. The summed E-state index contributed by atoms with van der Waals surface area (Å²) in [5.74, 6) is 0. The summed E-state index contributed by atoms with van der Waals surface area (Å²) in [4.78, 5) is 4.77. The van der Waals surface area contributed by atoms with Gasteiger partial charge in [-0.25, -0.2) is 4.98 Å². The molecule has 0 aliphatic carbocycles. The van der Waals surface area contributed by atoms with E-state index in [0.29, 0.717) is 10.0 Å². The number of aromatic nitrogens is 1. The van der Waals surface area contributed by atoms with Crippen LogP contribution in [0.5, 0.6) is 0 Å². The Morgan fingerprint density at radius 1 is 1.08 bits per heavy atom. The van der Waals surface area contributed by atoms with Gasteiger partial charge in [-0.2, -0.15) is 0 Å². The molecule has 134 valence electrons. The van der Waals surface area contributed by atoms with E-state index in [2.05, 4.69) is 5.32 Å².